The highest BCUT2D eigenvalue weighted by molar-refractivity contribution is 7.89. The van der Waals surface area contributed by atoms with Gasteiger partial charge in [0.25, 0.3) is 0 Å². The third kappa shape index (κ3) is 5.33. The third-order valence-corrected chi connectivity index (χ3v) is 4.25. The predicted molar refractivity (Wildman–Crippen MR) is 75.8 cm³/mol. The second kappa shape index (κ2) is 7.96. The first kappa shape index (κ1) is 17.4. The molecule has 3 N–H and O–H groups in total. The van der Waals surface area contributed by atoms with Gasteiger partial charge in [0.2, 0.25) is 10.0 Å². The van der Waals surface area contributed by atoms with Crippen LogP contribution in [-0.4, -0.2) is 44.9 Å². The van der Waals surface area contributed by atoms with Crippen LogP contribution < -0.4 is 9.46 Å². The van der Waals surface area contributed by atoms with Gasteiger partial charge in [0.15, 0.2) is 0 Å². The van der Waals surface area contributed by atoms with Gasteiger partial charge in [0, 0.05) is 19.6 Å². The molecule has 0 atom stereocenters. The number of nitrogens with one attached hydrogen (secondary N) is 1. The number of carboxylic acid groups (broad SMARTS) is 1. The van der Waals surface area contributed by atoms with Crippen molar-refractivity contribution >= 4 is 16.0 Å². The van der Waals surface area contributed by atoms with Gasteiger partial charge in [-0.05, 0) is 30.5 Å². The Kier molecular flexibility index (Phi) is 6.60. The van der Waals surface area contributed by atoms with Crippen LogP contribution in [0.5, 0.6) is 5.75 Å². The number of aryl methyl sites for hydroxylation is 1. The van der Waals surface area contributed by atoms with Crippen molar-refractivity contribution in [3.63, 3.8) is 0 Å². The van der Waals surface area contributed by atoms with Gasteiger partial charge in [0.1, 0.15) is 10.6 Å². The molecule has 8 heteroatoms. The van der Waals surface area contributed by atoms with E-state index in [4.69, 9.17) is 14.9 Å². The summed E-state index contributed by atoms with van der Waals surface area (Å²) in [5, 5.41) is 17.4. The van der Waals surface area contributed by atoms with Crippen LogP contribution in [0.25, 0.3) is 0 Å². The molecule has 0 radical (unpaired) electrons. The number of hydrogen-bond acceptors (Lipinski definition) is 5. The fourth-order valence-electron chi connectivity index (χ4n) is 1.70. The lowest BCUT2D eigenvalue weighted by Crippen LogP contribution is -2.26. The molecule has 0 fully saturated rings. The van der Waals surface area contributed by atoms with Crippen LogP contribution in [0, 0.1) is 0 Å². The van der Waals surface area contributed by atoms with Crippen LogP contribution in [-0.2, 0) is 21.2 Å². The van der Waals surface area contributed by atoms with Gasteiger partial charge in [-0.3, -0.25) is 4.79 Å². The molecule has 0 bridgehead atoms. The van der Waals surface area contributed by atoms with Gasteiger partial charge >= 0.3 is 5.97 Å². The SMILES string of the molecule is COc1ccc(CCC(=O)O)cc1S(=O)(=O)NCCCO. The predicted octanol–water partition coefficient (Wildman–Crippen LogP) is 0.373. The maximum Gasteiger partial charge on any atom is 0.303 e. The lowest BCUT2D eigenvalue weighted by molar-refractivity contribution is -0.136. The number of aliphatic hydroxyl groups is 1. The third-order valence-electron chi connectivity index (χ3n) is 2.77. The fourth-order valence-corrected chi connectivity index (χ4v) is 2.99. The van der Waals surface area contributed by atoms with E-state index < -0.39 is 16.0 Å². The molecular formula is C13H19NO6S. The number of methoxy groups -OCH3 is 1. The standard InChI is InChI=1S/C13H19NO6S/c1-20-11-5-3-10(4-6-13(16)17)9-12(11)21(18,19)14-7-2-8-15/h3,5,9,14-15H,2,4,6-8H2,1H3,(H,16,17). The van der Waals surface area contributed by atoms with Gasteiger partial charge in [-0.2, -0.15) is 0 Å². The summed E-state index contributed by atoms with van der Waals surface area (Å²) in [4.78, 5) is 10.5. The zero-order chi connectivity index (χ0) is 15.9. The smallest absolute Gasteiger partial charge is 0.303 e. The number of hydrogen-bond donors (Lipinski definition) is 3. The van der Waals surface area contributed by atoms with Crippen LogP contribution in [0.4, 0.5) is 0 Å². The average molecular weight is 317 g/mol. The highest BCUT2D eigenvalue weighted by Gasteiger charge is 2.19. The summed E-state index contributed by atoms with van der Waals surface area (Å²) in [5.74, 6) is -0.762. The normalized spacial score (nSPS) is 11.3. The van der Waals surface area contributed by atoms with Gasteiger partial charge < -0.3 is 14.9 Å². The number of carbonyl (C=O) groups is 1. The van der Waals surface area contributed by atoms with E-state index in [1.54, 1.807) is 6.07 Å². The molecule has 0 aliphatic heterocycles. The van der Waals surface area contributed by atoms with Gasteiger partial charge in [0.05, 0.1) is 7.11 Å². The zero-order valence-corrected chi connectivity index (χ0v) is 12.5. The Labute approximate surface area is 123 Å². The molecule has 0 amide bonds. The first-order valence-electron chi connectivity index (χ1n) is 6.40. The van der Waals surface area contributed by atoms with Gasteiger partial charge in [-0.15, -0.1) is 0 Å². The molecule has 118 valence electrons. The van der Waals surface area contributed by atoms with Crippen molar-refractivity contribution in [2.45, 2.75) is 24.2 Å². The Morgan fingerprint density at radius 2 is 2.10 bits per heavy atom. The minimum absolute atomic E-state index is 0.0363. The number of aliphatic hydroxyl groups excluding tert-OH is 1. The van der Waals surface area contributed by atoms with Crippen molar-refractivity contribution in [3.8, 4) is 5.75 Å². The van der Waals surface area contributed by atoms with Crippen molar-refractivity contribution < 1.29 is 28.2 Å². The fraction of sp³-hybridized carbons (Fsp3) is 0.462. The van der Waals surface area contributed by atoms with Crippen molar-refractivity contribution in [3.05, 3.63) is 23.8 Å². The van der Waals surface area contributed by atoms with E-state index >= 15 is 0 Å². The Balaban J connectivity index is 3.01. The number of rotatable bonds is 9. The molecule has 0 saturated heterocycles. The molecule has 0 unspecified atom stereocenters. The van der Waals surface area contributed by atoms with E-state index in [9.17, 15) is 13.2 Å². The van der Waals surface area contributed by atoms with E-state index in [0.717, 1.165) is 0 Å². The summed E-state index contributed by atoms with van der Waals surface area (Å²) in [7, 11) is -2.41. The summed E-state index contributed by atoms with van der Waals surface area (Å²) in [6.45, 7) is -0.000350. The summed E-state index contributed by atoms with van der Waals surface area (Å²) < 4.78 is 31.8. The number of sulfonamides is 1. The van der Waals surface area contributed by atoms with E-state index in [-0.39, 0.29) is 36.6 Å². The summed E-state index contributed by atoms with van der Waals surface area (Å²) in [6.07, 6.45) is 0.461. The molecule has 0 saturated carbocycles. The Morgan fingerprint density at radius 1 is 1.38 bits per heavy atom. The van der Waals surface area contributed by atoms with Crippen LogP contribution >= 0.6 is 0 Å². The molecular weight excluding hydrogens is 298 g/mol. The largest absolute Gasteiger partial charge is 0.495 e. The molecule has 0 spiro atoms. The quantitative estimate of drug-likeness (QED) is 0.567. The summed E-state index contributed by atoms with van der Waals surface area (Å²) >= 11 is 0. The minimum Gasteiger partial charge on any atom is -0.495 e. The van der Waals surface area contributed by atoms with Crippen molar-refractivity contribution in [1.29, 1.82) is 0 Å². The number of carboxylic acids is 1. The van der Waals surface area contributed by atoms with E-state index in [2.05, 4.69) is 4.72 Å². The topological polar surface area (TPSA) is 113 Å². The first-order chi connectivity index (χ1) is 9.90. The van der Waals surface area contributed by atoms with Crippen LogP contribution in [0.2, 0.25) is 0 Å². The van der Waals surface area contributed by atoms with Gasteiger partial charge in [-0.1, -0.05) is 6.07 Å². The summed E-state index contributed by atoms with van der Waals surface area (Å²) in [5.41, 5.74) is 0.598. The molecule has 1 rings (SSSR count). The molecule has 7 nitrogen and oxygen atoms in total. The highest BCUT2D eigenvalue weighted by Crippen LogP contribution is 2.25. The molecule has 0 aliphatic carbocycles. The molecule has 0 aromatic heterocycles. The second-order valence-corrected chi connectivity index (χ2v) is 6.09. The lowest BCUT2D eigenvalue weighted by Gasteiger charge is -2.12. The lowest BCUT2D eigenvalue weighted by atomic mass is 10.1. The van der Waals surface area contributed by atoms with Crippen LogP contribution in [0.1, 0.15) is 18.4 Å². The van der Waals surface area contributed by atoms with Crippen LogP contribution in [0.15, 0.2) is 23.1 Å². The van der Waals surface area contributed by atoms with Gasteiger partial charge in [-0.25, -0.2) is 13.1 Å². The van der Waals surface area contributed by atoms with Crippen molar-refractivity contribution in [1.82, 2.24) is 4.72 Å². The average Bonchev–Trinajstić information content (AvgIpc) is 2.45. The molecule has 0 heterocycles. The first-order valence-corrected chi connectivity index (χ1v) is 7.88. The number of aliphatic carboxylic acids is 1. The van der Waals surface area contributed by atoms with Crippen LogP contribution in [0.3, 0.4) is 0 Å². The zero-order valence-electron chi connectivity index (χ0n) is 11.7. The van der Waals surface area contributed by atoms with E-state index in [1.807, 2.05) is 0 Å². The Bertz CT molecular complexity index is 584. The van der Waals surface area contributed by atoms with Crippen molar-refractivity contribution in [2.75, 3.05) is 20.3 Å². The number of benzene rings is 1. The molecule has 1 aromatic carbocycles. The Morgan fingerprint density at radius 3 is 2.67 bits per heavy atom. The van der Waals surface area contributed by atoms with E-state index in [1.165, 1.54) is 19.2 Å². The van der Waals surface area contributed by atoms with Crippen molar-refractivity contribution in [2.24, 2.45) is 0 Å². The highest BCUT2D eigenvalue weighted by atomic mass is 32.2. The number of ether oxygens (including phenoxy) is 1. The maximum absolute atomic E-state index is 12.2. The maximum atomic E-state index is 12.2. The summed E-state index contributed by atoms with van der Waals surface area (Å²) in [6, 6.07) is 4.54. The molecule has 21 heavy (non-hydrogen) atoms. The molecule has 0 aliphatic rings. The Hall–Kier alpha value is -1.64. The van der Waals surface area contributed by atoms with E-state index in [0.29, 0.717) is 12.0 Å². The minimum atomic E-state index is -3.77. The molecule has 1 aromatic rings. The second-order valence-electron chi connectivity index (χ2n) is 4.35. The monoisotopic (exact) mass is 317 g/mol.